The number of aromatic nitrogens is 2. The molecule has 1 atom stereocenters. The van der Waals surface area contributed by atoms with Crippen LogP contribution < -0.4 is 4.74 Å². The highest BCUT2D eigenvalue weighted by atomic mass is 32.2. The van der Waals surface area contributed by atoms with Crippen molar-refractivity contribution in [3.63, 3.8) is 0 Å². The van der Waals surface area contributed by atoms with Gasteiger partial charge in [-0.1, -0.05) is 25.1 Å². The van der Waals surface area contributed by atoms with Crippen molar-refractivity contribution in [3.05, 3.63) is 66.4 Å². The van der Waals surface area contributed by atoms with E-state index in [1.54, 1.807) is 7.11 Å². The fourth-order valence-electron chi connectivity index (χ4n) is 3.57. The summed E-state index contributed by atoms with van der Waals surface area (Å²) in [7, 11) is -1.41. The molecule has 2 aromatic carbocycles. The van der Waals surface area contributed by atoms with Crippen LogP contribution in [0.2, 0.25) is 0 Å². The first-order chi connectivity index (χ1) is 14.3. The van der Waals surface area contributed by atoms with Crippen molar-refractivity contribution in [1.82, 2.24) is 14.7 Å². The van der Waals surface area contributed by atoms with Gasteiger partial charge in [-0.15, -0.1) is 0 Å². The van der Waals surface area contributed by atoms with Gasteiger partial charge in [0.25, 0.3) is 0 Å². The maximum atomic E-state index is 11.8. The first-order valence-corrected chi connectivity index (χ1v) is 12.1. The fraction of sp³-hybridized carbons (Fsp3) is 0.348. The Labute approximate surface area is 179 Å². The molecule has 1 unspecified atom stereocenters. The third-order valence-electron chi connectivity index (χ3n) is 5.12. The highest BCUT2D eigenvalue weighted by Gasteiger charge is 2.21. The molecule has 0 aliphatic rings. The first-order valence-electron chi connectivity index (χ1n) is 10.0. The van der Waals surface area contributed by atoms with Gasteiger partial charge in [0.2, 0.25) is 0 Å². The lowest BCUT2D eigenvalue weighted by atomic mass is 10.1. The molecule has 0 saturated heterocycles. The smallest absolute Gasteiger partial charge is 0.148 e. The molecule has 0 amide bonds. The van der Waals surface area contributed by atoms with Crippen LogP contribution in [0.5, 0.6) is 5.75 Å². The zero-order valence-electron chi connectivity index (χ0n) is 17.9. The highest BCUT2D eigenvalue weighted by molar-refractivity contribution is 7.90. The van der Waals surface area contributed by atoms with Gasteiger partial charge in [-0.25, -0.2) is 13.1 Å². The minimum atomic E-state index is -3.05. The van der Waals surface area contributed by atoms with E-state index in [2.05, 4.69) is 4.90 Å². The Bertz CT molecular complexity index is 1060. The summed E-state index contributed by atoms with van der Waals surface area (Å²) in [4.78, 5) is 2.17. The largest absolute Gasteiger partial charge is 0.497 e. The van der Waals surface area contributed by atoms with Gasteiger partial charge >= 0.3 is 0 Å². The molecule has 0 bridgehead atoms. The number of benzene rings is 2. The summed E-state index contributed by atoms with van der Waals surface area (Å²) in [6.45, 7) is 5.36. The molecule has 0 N–H and O–H groups in total. The highest BCUT2D eigenvalue weighted by Crippen LogP contribution is 2.27. The van der Waals surface area contributed by atoms with E-state index in [0.29, 0.717) is 6.54 Å². The number of para-hydroxylation sites is 1. The summed E-state index contributed by atoms with van der Waals surface area (Å²) in [5, 5.41) is 4.86. The van der Waals surface area contributed by atoms with E-state index in [4.69, 9.17) is 9.84 Å². The Kier molecular flexibility index (Phi) is 6.95. The zero-order chi connectivity index (χ0) is 21.7. The van der Waals surface area contributed by atoms with E-state index in [1.807, 2.05) is 79.3 Å². The first kappa shape index (κ1) is 22.1. The monoisotopic (exact) mass is 427 g/mol. The van der Waals surface area contributed by atoms with Gasteiger partial charge in [0, 0.05) is 36.2 Å². The summed E-state index contributed by atoms with van der Waals surface area (Å²) >= 11 is 0. The molecule has 160 valence electrons. The third-order valence-corrected chi connectivity index (χ3v) is 6.21. The summed E-state index contributed by atoms with van der Waals surface area (Å²) < 4.78 is 30.8. The standard InChI is InChI=1S/C23H29N3O3S/c1-5-25(18(2)17-30(4,27)28)15-20-16-26(21-9-7-6-8-10-21)24-23(20)19-11-13-22(29-3)14-12-19/h6-14,16,18H,5,15,17H2,1-4H3. The van der Waals surface area contributed by atoms with Crippen molar-refractivity contribution in [1.29, 1.82) is 0 Å². The minimum Gasteiger partial charge on any atom is -0.497 e. The van der Waals surface area contributed by atoms with Crippen molar-refractivity contribution in [2.24, 2.45) is 0 Å². The van der Waals surface area contributed by atoms with E-state index in [0.717, 1.165) is 34.8 Å². The molecule has 7 heteroatoms. The Morgan fingerprint density at radius 3 is 2.33 bits per heavy atom. The second-order valence-electron chi connectivity index (χ2n) is 7.52. The maximum Gasteiger partial charge on any atom is 0.148 e. The predicted molar refractivity (Wildman–Crippen MR) is 121 cm³/mol. The Morgan fingerprint density at radius 1 is 1.10 bits per heavy atom. The zero-order valence-corrected chi connectivity index (χ0v) is 18.8. The lowest BCUT2D eigenvalue weighted by molar-refractivity contribution is 0.227. The molecule has 0 fully saturated rings. The van der Waals surface area contributed by atoms with Gasteiger partial charge in [-0.05, 0) is 49.9 Å². The molecule has 0 aliphatic heterocycles. The number of methoxy groups -OCH3 is 1. The van der Waals surface area contributed by atoms with Gasteiger partial charge in [-0.2, -0.15) is 5.10 Å². The maximum absolute atomic E-state index is 11.8. The summed E-state index contributed by atoms with van der Waals surface area (Å²) in [6.07, 6.45) is 3.32. The molecule has 0 spiro atoms. The van der Waals surface area contributed by atoms with E-state index < -0.39 is 9.84 Å². The van der Waals surface area contributed by atoms with Crippen LogP contribution >= 0.6 is 0 Å². The quantitative estimate of drug-likeness (QED) is 0.520. The minimum absolute atomic E-state index is 0.0891. The van der Waals surface area contributed by atoms with Crippen LogP contribution in [0.3, 0.4) is 0 Å². The van der Waals surface area contributed by atoms with Crippen LogP contribution in [0.15, 0.2) is 60.8 Å². The summed E-state index contributed by atoms with van der Waals surface area (Å²) in [5.41, 5.74) is 3.90. The molecule has 3 rings (SSSR count). The van der Waals surface area contributed by atoms with Crippen LogP contribution in [0.4, 0.5) is 0 Å². The molecule has 0 aliphatic carbocycles. The van der Waals surface area contributed by atoms with E-state index in [-0.39, 0.29) is 11.8 Å². The Morgan fingerprint density at radius 2 is 1.77 bits per heavy atom. The van der Waals surface area contributed by atoms with Crippen LogP contribution in [0, 0.1) is 0 Å². The number of rotatable bonds is 9. The van der Waals surface area contributed by atoms with Gasteiger partial charge in [-0.3, -0.25) is 4.90 Å². The molecule has 0 saturated carbocycles. The summed E-state index contributed by atoms with van der Waals surface area (Å²) in [6, 6.07) is 17.7. The lowest BCUT2D eigenvalue weighted by Gasteiger charge is -2.27. The Balaban J connectivity index is 1.99. The molecule has 0 radical (unpaired) electrons. The van der Waals surface area contributed by atoms with Crippen LogP contribution in [0.25, 0.3) is 16.9 Å². The molecular weight excluding hydrogens is 398 g/mol. The van der Waals surface area contributed by atoms with Gasteiger partial charge in [0.05, 0.1) is 24.2 Å². The van der Waals surface area contributed by atoms with E-state index >= 15 is 0 Å². The molecule has 6 nitrogen and oxygen atoms in total. The van der Waals surface area contributed by atoms with E-state index in [9.17, 15) is 8.42 Å². The van der Waals surface area contributed by atoms with Crippen LogP contribution in [-0.4, -0.2) is 54.8 Å². The van der Waals surface area contributed by atoms with Crippen LogP contribution in [-0.2, 0) is 16.4 Å². The number of ether oxygens (including phenoxy) is 1. The number of sulfone groups is 1. The molecule has 1 heterocycles. The SMILES string of the molecule is CCN(Cc1cn(-c2ccccc2)nc1-c1ccc(OC)cc1)C(C)CS(C)(=O)=O. The second kappa shape index (κ2) is 9.45. The average molecular weight is 428 g/mol. The van der Waals surface area contributed by atoms with Crippen molar-refractivity contribution in [2.45, 2.75) is 26.4 Å². The van der Waals surface area contributed by atoms with Gasteiger partial charge in [0.15, 0.2) is 0 Å². The molecular formula is C23H29N3O3S. The van der Waals surface area contributed by atoms with E-state index in [1.165, 1.54) is 6.26 Å². The topological polar surface area (TPSA) is 64.4 Å². The van der Waals surface area contributed by atoms with Crippen molar-refractivity contribution in [2.75, 3.05) is 25.7 Å². The van der Waals surface area contributed by atoms with Gasteiger partial charge in [0.1, 0.15) is 15.6 Å². The summed E-state index contributed by atoms with van der Waals surface area (Å²) in [5.74, 6) is 0.922. The number of hydrogen-bond donors (Lipinski definition) is 0. The van der Waals surface area contributed by atoms with Crippen molar-refractivity contribution >= 4 is 9.84 Å². The van der Waals surface area contributed by atoms with Crippen molar-refractivity contribution in [3.8, 4) is 22.7 Å². The molecule has 3 aromatic rings. The normalized spacial score (nSPS) is 12.8. The second-order valence-corrected chi connectivity index (χ2v) is 9.70. The van der Waals surface area contributed by atoms with Gasteiger partial charge < -0.3 is 4.74 Å². The Hall–Kier alpha value is -2.64. The fourth-order valence-corrected chi connectivity index (χ4v) is 4.66. The number of nitrogens with zero attached hydrogens (tertiary/aromatic N) is 3. The third kappa shape index (κ3) is 5.49. The van der Waals surface area contributed by atoms with Crippen molar-refractivity contribution < 1.29 is 13.2 Å². The molecule has 1 aromatic heterocycles. The average Bonchev–Trinajstić information content (AvgIpc) is 3.15. The lowest BCUT2D eigenvalue weighted by Crippen LogP contribution is -2.37. The predicted octanol–water partition coefficient (Wildman–Crippen LogP) is 3.80. The number of hydrogen-bond acceptors (Lipinski definition) is 5. The van der Waals surface area contributed by atoms with Crippen LogP contribution in [0.1, 0.15) is 19.4 Å². The molecule has 30 heavy (non-hydrogen) atoms.